The topological polar surface area (TPSA) is 34.4 Å². The highest BCUT2D eigenvalue weighted by Crippen LogP contribution is 2.44. The second-order valence-corrected chi connectivity index (χ2v) is 7.74. The number of aryl methyl sites for hydroxylation is 1. The average molecular weight is 277 g/mol. The smallest absolute Gasteiger partial charge is 0.0812 e. The van der Waals surface area contributed by atoms with Crippen LogP contribution in [0.25, 0.3) is 0 Å². The molecule has 0 spiro atoms. The van der Waals surface area contributed by atoms with Gasteiger partial charge in [0.05, 0.1) is 18.2 Å². The molecule has 1 aromatic heterocycles. The molecular formula is C17H27NO2. The largest absolute Gasteiger partial charge is 0.388 e. The van der Waals surface area contributed by atoms with Crippen molar-refractivity contribution in [2.24, 2.45) is 5.41 Å². The van der Waals surface area contributed by atoms with E-state index < -0.39 is 0 Å². The molecule has 0 radical (unpaired) electrons. The number of rotatable bonds is 1. The molecule has 2 heterocycles. The third-order valence-electron chi connectivity index (χ3n) is 5.03. The minimum atomic E-state index is -0.318. The number of hydrogen-bond donors (Lipinski definition) is 1. The predicted molar refractivity (Wildman–Crippen MR) is 79.9 cm³/mol. The van der Waals surface area contributed by atoms with Gasteiger partial charge in [-0.3, -0.25) is 0 Å². The molecule has 1 N–H and O–H groups in total. The minimum absolute atomic E-state index is 0.0447. The van der Waals surface area contributed by atoms with E-state index in [0.29, 0.717) is 0 Å². The maximum Gasteiger partial charge on any atom is 0.0812 e. The number of aliphatic hydroxyl groups is 1. The maximum absolute atomic E-state index is 10.5. The number of aliphatic hydroxyl groups excluding tert-OH is 1. The van der Waals surface area contributed by atoms with E-state index in [4.69, 9.17) is 4.74 Å². The molecule has 3 rings (SSSR count). The number of nitrogens with zero attached hydrogens (tertiary/aromatic N) is 1. The SMILES string of the molecule is Cc1cc2c(n1C1(C)CCCOC1)CC(C)(C)CC2O. The van der Waals surface area contributed by atoms with Gasteiger partial charge in [0.1, 0.15) is 0 Å². The molecule has 0 saturated carbocycles. The van der Waals surface area contributed by atoms with Gasteiger partial charge in [-0.1, -0.05) is 13.8 Å². The molecule has 1 aromatic rings. The fourth-order valence-electron chi connectivity index (χ4n) is 4.19. The predicted octanol–water partition coefficient (Wildman–Crippen LogP) is 3.33. The lowest BCUT2D eigenvalue weighted by Crippen LogP contribution is -2.41. The van der Waals surface area contributed by atoms with E-state index in [1.165, 1.54) is 11.4 Å². The molecule has 0 amide bonds. The average Bonchev–Trinajstić information content (AvgIpc) is 2.66. The second-order valence-electron chi connectivity index (χ2n) is 7.74. The monoisotopic (exact) mass is 277 g/mol. The minimum Gasteiger partial charge on any atom is -0.388 e. The van der Waals surface area contributed by atoms with Crippen LogP contribution in [-0.4, -0.2) is 22.9 Å². The Bertz CT molecular complexity index is 509. The van der Waals surface area contributed by atoms with Crippen LogP contribution >= 0.6 is 0 Å². The van der Waals surface area contributed by atoms with Gasteiger partial charge >= 0.3 is 0 Å². The van der Waals surface area contributed by atoms with Crippen LogP contribution in [0.1, 0.15) is 63.1 Å². The Morgan fingerprint density at radius 2 is 2.10 bits per heavy atom. The van der Waals surface area contributed by atoms with Crippen molar-refractivity contribution in [2.45, 2.75) is 65.0 Å². The van der Waals surface area contributed by atoms with E-state index in [0.717, 1.165) is 44.5 Å². The Labute approximate surface area is 121 Å². The van der Waals surface area contributed by atoms with E-state index in [2.05, 4.69) is 38.3 Å². The molecular weight excluding hydrogens is 250 g/mol. The summed E-state index contributed by atoms with van der Waals surface area (Å²) >= 11 is 0. The maximum atomic E-state index is 10.5. The van der Waals surface area contributed by atoms with Crippen LogP contribution in [0.15, 0.2) is 6.07 Å². The van der Waals surface area contributed by atoms with Crippen LogP contribution < -0.4 is 0 Å². The summed E-state index contributed by atoms with van der Waals surface area (Å²) in [7, 11) is 0. The molecule has 0 aromatic carbocycles. The molecule has 3 nitrogen and oxygen atoms in total. The number of fused-ring (bicyclic) bond motifs is 1. The van der Waals surface area contributed by atoms with Crippen molar-refractivity contribution < 1.29 is 9.84 Å². The van der Waals surface area contributed by atoms with Crippen molar-refractivity contribution in [3.8, 4) is 0 Å². The van der Waals surface area contributed by atoms with Gasteiger partial charge in [0.2, 0.25) is 0 Å². The van der Waals surface area contributed by atoms with Crippen molar-refractivity contribution in [3.63, 3.8) is 0 Å². The van der Waals surface area contributed by atoms with Gasteiger partial charge in [-0.2, -0.15) is 0 Å². The van der Waals surface area contributed by atoms with Crippen LogP contribution in [0, 0.1) is 12.3 Å². The summed E-state index contributed by atoms with van der Waals surface area (Å²) in [6.45, 7) is 10.6. The van der Waals surface area contributed by atoms with Crippen molar-refractivity contribution in [1.29, 1.82) is 0 Å². The van der Waals surface area contributed by atoms with Crippen LogP contribution in [0.4, 0.5) is 0 Å². The zero-order chi connectivity index (χ0) is 14.5. The lowest BCUT2D eigenvalue weighted by molar-refractivity contribution is 0.00543. The van der Waals surface area contributed by atoms with E-state index >= 15 is 0 Å². The Kier molecular flexibility index (Phi) is 3.26. The first-order chi connectivity index (χ1) is 9.32. The van der Waals surface area contributed by atoms with Gasteiger partial charge < -0.3 is 14.4 Å². The van der Waals surface area contributed by atoms with E-state index in [-0.39, 0.29) is 17.1 Å². The van der Waals surface area contributed by atoms with Crippen LogP contribution in [0.5, 0.6) is 0 Å². The first kappa shape index (κ1) is 14.2. The fourth-order valence-corrected chi connectivity index (χ4v) is 4.19. The first-order valence-electron chi connectivity index (χ1n) is 7.80. The zero-order valence-electron chi connectivity index (χ0n) is 13.2. The molecule has 1 aliphatic heterocycles. The third kappa shape index (κ3) is 2.21. The van der Waals surface area contributed by atoms with E-state index in [1.807, 2.05) is 0 Å². The van der Waals surface area contributed by atoms with Crippen LogP contribution in [0.3, 0.4) is 0 Å². The van der Waals surface area contributed by atoms with Crippen molar-refractivity contribution in [1.82, 2.24) is 4.57 Å². The third-order valence-corrected chi connectivity index (χ3v) is 5.03. The summed E-state index contributed by atoms with van der Waals surface area (Å²) in [6, 6.07) is 2.19. The van der Waals surface area contributed by atoms with E-state index in [1.54, 1.807) is 0 Å². The normalized spacial score (nSPS) is 33.0. The van der Waals surface area contributed by atoms with Crippen molar-refractivity contribution >= 4 is 0 Å². The lowest BCUT2D eigenvalue weighted by atomic mass is 9.75. The fraction of sp³-hybridized carbons (Fsp3) is 0.765. The molecule has 1 aliphatic carbocycles. The number of hydrogen-bond acceptors (Lipinski definition) is 2. The van der Waals surface area contributed by atoms with Gasteiger partial charge in [-0.05, 0) is 51.0 Å². The highest BCUT2D eigenvalue weighted by atomic mass is 16.5. The molecule has 3 heteroatoms. The molecule has 0 bridgehead atoms. The Balaban J connectivity index is 2.09. The Hall–Kier alpha value is -0.800. The van der Waals surface area contributed by atoms with E-state index in [9.17, 15) is 5.11 Å². The highest BCUT2D eigenvalue weighted by molar-refractivity contribution is 5.34. The van der Waals surface area contributed by atoms with Crippen molar-refractivity contribution in [3.05, 3.63) is 23.0 Å². The molecule has 2 unspecified atom stereocenters. The molecule has 112 valence electrons. The molecule has 2 aliphatic rings. The summed E-state index contributed by atoms with van der Waals surface area (Å²) in [5.74, 6) is 0. The summed E-state index contributed by atoms with van der Waals surface area (Å²) in [4.78, 5) is 0. The molecule has 2 atom stereocenters. The summed E-state index contributed by atoms with van der Waals surface area (Å²) < 4.78 is 8.21. The first-order valence-corrected chi connectivity index (χ1v) is 7.80. The van der Waals surface area contributed by atoms with Gasteiger partial charge in [0, 0.05) is 23.6 Å². The van der Waals surface area contributed by atoms with Gasteiger partial charge in [-0.15, -0.1) is 0 Å². The van der Waals surface area contributed by atoms with Gasteiger partial charge in [-0.25, -0.2) is 0 Å². The Morgan fingerprint density at radius 1 is 1.35 bits per heavy atom. The highest BCUT2D eigenvalue weighted by Gasteiger charge is 2.39. The van der Waals surface area contributed by atoms with Crippen molar-refractivity contribution in [2.75, 3.05) is 13.2 Å². The summed E-state index contributed by atoms with van der Waals surface area (Å²) in [5.41, 5.74) is 3.96. The molecule has 1 saturated heterocycles. The summed E-state index contributed by atoms with van der Waals surface area (Å²) in [6.07, 6.45) is 3.86. The molecule has 20 heavy (non-hydrogen) atoms. The van der Waals surface area contributed by atoms with Gasteiger partial charge in [0.25, 0.3) is 0 Å². The second kappa shape index (κ2) is 4.60. The number of aromatic nitrogens is 1. The van der Waals surface area contributed by atoms with Crippen LogP contribution in [-0.2, 0) is 16.7 Å². The summed E-state index contributed by atoms with van der Waals surface area (Å²) in [5, 5.41) is 10.5. The van der Waals surface area contributed by atoms with Gasteiger partial charge in [0.15, 0.2) is 0 Å². The lowest BCUT2D eigenvalue weighted by Gasteiger charge is -2.41. The Morgan fingerprint density at radius 3 is 2.75 bits per heavy atom. The molecule has 1 fully saturated rings. The number of ether oxygens (including phenoxy) is 1. The zero-order valence-corrected chi connectivity index (χ0v) is 13.2. The quantitative estimate of drug-likeness (QED) is 0.854. The van der Waals surface area contributed by atoms with Crippen LogP contribution in [0.2, 0.25) is 0 Å². The standard InChI is InChI=1S/C17H27NO2/c1-12-8-13-14(9-16(2,3)10-15(13)19)18(12)17(4)6-5-7-20-11-17/h8,15,19H,5-7,9-11H2,1-4H3.